The summed E-state index contributed by atoms with van der Waals surface area (Å²) in [6.45, 7) is 4.78. The fourth-order valence-electron chi connectivity index (χ4n) is 3.44. The van der Waals surface area contributed by atoms with Crippen molar-refractivity contribution in [3.05, 3.63) is 33.8 Å². The number of benzene rings is 1. The normalized spacial score (nSPS) is 24.2. The van der Waals surface area contributed by atoms with Crippen LogP contribution < -0.4 is 5.32 Å². The molecule has 1 aliphatic carbocycles. The van der Waals surface area contributed by atoms with Crippen LogP contribution in [0, 0.1) is 11.3 Å². The Bertz CT molecular complexity index is 442. The van der Waals surface area contributed by atoms with Crippen molar-refractivity contribution >= 4 is 23.2 Å². The van der Waals surface area contributed by atoms with Crippen LogP contribution in [0.25, 0.3) is 0 Å². The second kappa shape index (κ2) is 6.03. The molecule has 1 aromatic rings. The third kappa shape index (κ3) is 3.26. The minimum Gasteiger partial charge on any atom is -0.313 e. The van der Waals surface area contributed by atoms with Crippen molar-refractivity contribution in [2.45, 2.75) is 45.6 Å². The first kappa shape index (κ1) is 15.2. The number of hydrogen-bond donors (Lipinski definition) is 1. The molecule has 2 unspecified atom stereocenters. The standard InChI is InChI=1S/C16H23Cl2N/c1-16(2)9-5-4-6-12(16)15(19-3)11-7-8-13(17)14(18)10-11/h7-8,10,12,15,19H,4-6,9H2,1-3H3. The van der Waals surface area contributed by atoms with Crippen LogP contribution in [0.1, 0.15) is 51.1 Å². The predicted molar refractivity (Wildman–Crippen MR) is 84.0 cm³/mol. The van der Waals surface area contributed by atoms with Crippen LogP contribution in [0.2, 0.25) is 10.0 Å². The van der Waals surface area contributed by atoms with E-state index in [1.807, 2.05) is 19.2 Å². The molecule has 0 radical (unpaired) electrons. The molecule has 106 valence electrons. The van der Waals surface area contributed by atoms with E-state index in [9.17, 15) is 0 Å². The lowest BCUT2D eigenvalue weighted by Gasteiger charge is -2.43. The first-order chi connectivity index (χ1) is 8.95. The average molecular weight is 300 g/mol. The monoisotopic (exact) mass is 299 g/mol. The summed E-state index contributed by atoms with van der Waals surface area (Å²) in [7, 11) is 2.04. The van der Waals surface area contributed by atoms with Gasteiger partial charge in [-0.25, -0.2) is 0 Å². The van der Waals surface area contributed by atoms with Gasteiger partial charge in [-0.05, 0) is 48.9 Å². The Morgan fingerprint density at radius 2 is 1.95 bits per heavy atom. The summed E-state index contributed by atoms with van der Waals surface area (Å²) < 4.78 is 0. The molecule has 0 heterocycles. The number of hydrogen-bond acceptors (Lipinski definition) is 1. The highest BCUT2D eigenvalue weighted by molar-refractivity contribution is 6.42. The first-order valence-electron chi connectivity index (χ1n) is 7.08. The molecular formula is C16H23Cl2N. The van der Waals surface area contributed by atoms with Gasteiger partial charge in [0.2, 0.25) is 0 Å². The van der Waals surface area contributed by atoms with Crippen molar-refractivity contribution in [3.8, 4) is 0 Å². The first-order valence-corrected chi connectivity index (χ1v) is 7.83. The lowest BCUT2D eigenvalue weighted by molar-refractivity contribution is 0.101. The van der Waals surface area contributed by atoms with Crippen molar-refractivity contribution in [2.75, 3.05) is 7.05 Å². The zero-order valence-electron chi connectivity index (χ0n) is 12.0. The van der Waals surface area contributed by atoms with Gasteiger partial charge in [0, 0.05) is 6.04 Å². The van der Waals surface area contributed by atoms with E-state index in [2.05, 4.69) is 25.2 Å². The SMILES string of the molecule is CNC(c1ccc(Cl)c(Cl)c1)C1CCCCC1(C)C. The summed E-state index contributed by atoms with van der Waals surface area (Å²) in [6.07, 6.45) is 5.25. The summed E-state index contributed by atoms with van der Waals surface area (Å²) in [6, 6.07) is 6.36. The molecule has 2 atom stereocenters. The van der Waals surface area contributed by atoms with Gasteiger partial charge in [0.05, 0.1) is 10.0 Å². The smallest absolute Gasteiger partial charge is 0.0595 e. The Labute approximate surface area is 126 Å². The zero-order valence-corrected chi connectivity index (χ0v) is 13.5. The number of rotatable bonds is 3. The van der Waals surface area contributed by atoms with Crippen molar-refractivity contribution in [1.29, 1.82) is 0 Å². The van der Waals surface area contributed by atoms with Crippen LogP contribution in [0.4, 0.5) is 0 Å². The Morgan fingerprint density at radius 1 is 1.21 bits per heavy atom. The van der Waals surface area contributed by atoms with E-state index in [4.69, 9.17) is 23.2 Å². The van der Waals surface area contributed by atoms with E-state index in [-0.39, 0.29) is 0 Å². The van der Waals surface area contributed by atoms with Crippen LogP contribution in [-0.2, 0) is 0 Å². The largest absolute Gasteiger partial charge is 0.313 e. The van der Waals surface area contributed by atoms with Crippen LogP contribution in [0.3, 0.4) is 0 Å². The Morgan fingerprint density at radius 3 is 2.53 bits per heavy atom. The second-order valence-electron chi connectivity index (χ2n) is 6.28. The highest BCUT2D eigenvalue weighted by atomic mass is 35.5. The second-order valence-corrected chi connectivity index (χ2v) is 7.10. The molecule has 0 amide bonds. The van der Waals surface area contributed by atoms with Gasteiger partial charge < -0.3 is 5.32 Å². The quantitative estimate of drug-likeness (QED) is 0.780. The maximum absolute atomic E-state index is 6.17. The summed E-state index contributed by atoms with van der Waals surface area (Å²) in [5.74, 6) is 0.642. The molecule has 0 spiro atoms. The van der Waals surface area contributed by atoms with Crippen molar-refractivity contribution in [3.63, 3.8) is 0 Å². The lowest BCUT2D eigenvalue weighted by atomic mass is 9.65. The highest BCUT2D eigenvalue weighted by Crippen LogP contribution is 2.47. The molecule has 1 aromatic carbocycles. The topological polar surface area (TPSA) is 12.0 Å². The van der Waals surface area contributed by atoms with Gasteiger partial charge in [-0.2, -0.15) is 0 Å². The molecule has 0 bridgehead atoms. The van der Waals surface area contributed by atoms with E-state index >= 15 is 0 Å². The maximum atomic E-state index is 6.17. The average Bonchev–Trinajstić information content (AvgIpc) is 2.36. The third-order valence-electron chi connectivity index (χ3n) is 4.61. The number of halogens is 2. The molecule has 1 fully saturated rings. The van der Waals surface area contributed by atoms with E-state index < -0.39 is 0 Å². The summed E-state index contributed by atoms with van der Waals surface area (Å²) in [4.78, 5) is 0. The molecule has 0 aliphatic heterocycles. The molecule has 0 aromatic heterocycles. The van der Waals surface area contributed by atoms with E-state index in [0.29, 0.717) is 27.4 Å². The lowest BCUT2D eigenvalue weighted by Crippen LogP contribution is -2.37. The van der Waals surface area contributed by atoms with Crippen LogP contribution in [0.5, 0.6) is 0 Å². The minimum absolute atomic E-state index is 0.352. The fraction of sp³-hybridized carbons (Fsp3) is 0.625. The van der Waals surface area contributed by atoms with Crippen molar-refractivity contribution in [2.24, 2.45) is 11.3 Å². The molecule has 19 heavy (non-hydrogen) atoms. The summed E-state index contributed by atoms with van der Waals surface area (Å²) >= 11 is 12.2. The van der Waals surface area contributed by atoms with E-state index in [1.165, 1.54) is 31.2 Å². The molecule has 3 heteroatoms. The van der Waals surface area contributed by atoms with Gasteiger partial charge in [0.25, 0.3) is 0 Å². The molecule has 1 N–H and O–H groups in total. The van der Waals surface area contributed by atoms with Crippen LogP contribution in [-0.4, -0.2) is 7.05 Å². The fourth-order valence-corrected chi connectivity index (χ4v) is 3.75. The Kier molecular flexibility index (Phi) is 4.81. The summed E-state index contributed by atoms with van der Waals surface area (Å²) in [5, 5.41) is 4.76. The maximum Gasteiger partial charge on any atom is 0.0595 e. The van der Waals surface area contributed by atoms with Crippen LogP contribution >= 0.6 is 23.2 Å². The van der Waals surface area contributed by atoms with E-state index in [0.717, 1.165) is 0 Å². The predicted octanol–water partition coefficient (Wildman–Crippen LogP) is 5.47. The van der Waals surface area contributed by atoms with Crippen molar-refractivity contribution < 1.29 is 0 Å². The summed E-state index contributed by atoms with van der Waals surface area (Å²) in [5.41, 5.74) is 1.62. The number of nitrogens with one attached hydrogen (secondary N) is 1. The Balaban J connectivity index is 2.30. The van der Waals surface area contributed by atoms with Gasteiger partial charge >= 0.3 is 0 Å². The molecule has 0 saturated heterocycles. The van der Waals surface area contributed by atoms with E-state index in [1.54, 1.807) is 0 Å². The molecule has 2 rings (SSSR count). The van der Waals surface area contributed by atoms with Gasteiger partial charge in [0.1, 0.15) is 0 Å². The Hall–Kier alpha value is -0.240. The molecule has 1 saturated carbocycles. The van der Waals surface area contributed by atoms with Crippen LogP contribution in [0.15, 0.2) is 18.2 Å². The highest BCUT2D eigenvalue weighted by Gasteiger charge is 2.37. The molecule has 1 aliphatic rings. The van der Waals surface area contributed by atoms with Gasteiger partial charge in [-0.3, -0.25) is 0 Å². The zero-order chi connectivity index (χ0) is 14.0. The molecular weight excluding hydrogens is 277 g/mol. The third-order valence-corrected chi connectivity index (χ3v) is 5.35. The van der Waals surface area contributed by atoms with Gasteiger partial charge in [-0.15, -0.1) is 0 Å². The molecule has 1 nitrogen and oxygen atoms in total. The van der Waals surface area contributed by atoms with Crippen molar-refractivity contribution in [1.82, 2.24) is 5.32 Å². The minimum atomic E-state index is 0.352. The van der Waals surface area contributed by atoms with Gasteiger partial charge in [-0.1, -0.05) is 56.0 Å². The van der Waals surface area contributed by atoms with Gasteiger partial charge in [0.15, 0.2) is 0 Å².